The lowest BCUT2D eigenvalue weighted by atomic mass is 9.87. The summed E-state index contributed by atoms with van der Waals surface area (Å²) in [5, 5.41) is 3.31. The van der Waals surface area contributed by atoms with Gasteiger partial charge in [-0.15, -0.1) is 0 Å². The summed E-state index contributed by atoms with van der Waals surface area (Å²) in [4.78, 5) is 4.25. The second kappa shape index (κ2) is 5.89. The van der Waals surface area contributed by atoms with E-state index >= 15 is 0 Å². The van der Waals surface area contributed by atoms with E-state index in [0.29, 0.717) is 12.0 Å². The van der Waals surface area contributed by atoms with Crippen LogP contribution in [0.5, 0.6) is 0 Å². The Morgan fingerprint density at radius 1 is 1.50 bits per heavy atom. The van der Waals surface area contributed by atoms with Gasteiger partial charge in [-0.2, -0.15) is 0 Å². The highest BCUT2D eigenvalue weighted by Crippen LogP contribution is 2.23. The van der Waals surface area contributed by atoms with Gasteiger partial charge in [0.1, 0.15) is 0 Å². The van der Waals surface area contributed by atoms with Crippen LogP contribution >= 0.6 is 0 Å². The van der Waals surface area contributed by atoms with E-state index in [9.17, 15) is 0 Å². The predicted octanol–water partition coefficient (Wildman–Crippen LogP) is 1.88. The Kier molecular flexibility index (Phi) is 4.77. The van der Waals surface area contributed by atoms with Crippen LogP contribution in [0.4, 0.5) is 0 Å². The van der Waals surface area contributed by atoms with Gasteiger partial charge in [-0.1, -0.05) is 26.7 Å². The average molecular weight is 197 g/mol. The number of guanidine groups is 1. The molecule has 14 heavy (non-hydrogen) atoms. The molecule has 0 amide bonds. The fourth-order valence-corrected chi connectivity index (χ4v) is 2.05. The number of nitrogens with two attached hydrogens (primary N) is 1. The van der Waals surface area contributed by atoms with E-state index in [2.05, 4.69) is 24.2 Å². The molecular weight excluding hydrogens is 174 g/mol. The van der Waals surface area contributed by atoms with Gasteiger partial charge >= 0.3 is 0 Å². The zero-order valence-electron chi connectivity index (χ0n) is 9.42. The molecule has 82 valence electrons. The lowest BCUT2D eigenvalue weighted by Gasteiger charge is -2.27. The van der Waals surface area contributed by atoms with Gasteiger partial charge in [-0.05, 0) is 25.2 Å². The summed E-state index contributed by atoms with van der Waals surface area (Å²) in [6.07, 6.45) is 6.22. The number of rotatable bonds is 3. The minimum Gasteiger partial charge on any atom is -0.370 e. The minimum atomic E-state index is 0.555. The highest BCUT2D eigenvalue weighted by molar-refractivity contribution is 5.78. The summed E-state index contributed by atoms with van der Waals surface area (Å²) in [7, 11) is 0. The van der Waals surface area contributed by atoms with Crippen LogP contribution in [0.2, 0.25) is 0 Å². The Morgan fingerprint density at radius 3 is 2.93 bits per heavy atom. The normalized spacial score (nSPS) is 28.9. The highest BCUT2D eigenvalue weighted by Gasteiger charge is 2.18. The molecule has 0 spiro atoms. The maximum Gasteiger partial charge on any atom is 0.188 e. The van der Waals surface area contributed by atoms with E-state index < -0.39 is 0 Å². The van der Waals surface area contributed by atoms with Crippen LogP contribution in [-0.4, -0.2) is 18.5 Å². The Bertz CT molecular complexity index is 189. The summed E-state index contributed by atoms with van der Waals surface area (Å²) in [5.41, 5.74) is 5.77. The molecule has 0 radical (unpaired) electrons. The number of aliphatic imine (C=N–C) groups is 1. The fraction of sp³-hybridized carbons (Fsp3) is 0.909. The van der Waals surface area contributed by atoms with Crippen molar-refractivity contribution in [3.8, 4) is 0 Å². The summed E-state index contributed by atoms with van der Waals surface area (Å²) < 4.78 is 0. The van der Waals surface area contributed by atoms with Crippen molar-refractivity contribution in [1.82, 2.24) is 5.32 Å². The van der Waals surface area contributed by atoms with E-state index in [1.807, 2.05) is 0 Å². The zero-order chi connectivity index (χ0) is 10.4. The number of hydrogen-bond donors (Lipinski definition) is 2. The lowest BCUT2D eigenvalue weighted by molar-refractivity contribution is 0.325. The molecule has 1 fully saturated rings. The van der Waals surface area contributed by atoms with Gasteiger partial charge in [-0.3, -0.25) is 4.99 Å². The summed E-state index contributed by atoms with van der Waals surface area (Å²) >= 11 is 0. The SMILES string of the molecule is CCCN=C(N)NC1CCCC(C)C1. The van der Waals surface area contributed by atoms with Crippen LogP contribution < -0.4 is 11.1 Å². The van der Waals surface area contributed by atoms with Crippen molar-refractivity contribution < 1.29 is 0 Å². The first-order valence-corrected chi connectivity index (χ1v) is 5.78. The van der Waals surface area contributed by atoms with Crippen molar-refractivity contribution in [3.63, 3.8) is 0 Å². The predicted molar refractivity (Wildman–Crippen MR) is 61.3 cm³/mol. The van der Waals surface area contributed by atoms with Crippen LogP contribution in [0, 0.1) is 5.92 Å². The fourth-order valence-electron chi connectivity index (χ4n) is 2.05. The molecule has 1 rings (SSSR count). The molecule has 3 N–H and O–H groups in total. The molecule has 3 nitrogen and oxygen atoms in total. The van der Waals surface area contributed by atoms with Gasteiger partial charge in [-0.25, -0.2) is 0 Å². The van der Waals surface area contributed by atoms with Crippen molar-refractivity contribution in [2.75, 3.05) is 6.54 Å². The van der Waals surface area contributed by atoms with Crippen molar-refractivity contribution in [1.29, 1.82) is 0 Å². The van der Waals surface area contributed by atoms with Crippen LogP contribution in [-0.2, 0) is 0 Å². The third-order valence-electron chi connectivity index (χ3n) is 2.79. The zero-order valence-corrected chi connectivity index (χ0v) is 9.42. The molecule has 0 aliphatic heterocycles. The van der Waals surface area contributed by atoms with Crippen LogP contribution in [0.3, 0.4) is 0 Å². The topological polar surface area (TPSA) is 50.4 Å². The molecule has 0 saturated heterocycles. The van der Waals surface area contributed by atoms with Gasteiger partial charge in [0.25, 0.3) is 0 Å². The second-order valence-electron chi connectivity index (χ2n) is 4.38. The molecule has 0 aromatic rings. The quantitative estimate of drug-likeness (QED) is 0.536. The van der Waals surface area contributed by atoms with Gasteiger partial charge in [0.15, 0.2) is 5.96 Å². The molecule has 3 heteroatoms. The van der Waals surface area contributed by atoms with Crippen molar-refractivity contribution in [2.45, 2.75) is 52.0 Å². The molecule has 0 aromatic heterocycles. The Balaban J connectivity index is 2.28. The maximum absolute atomic E-state index is 5.77. The van der Waals surface area contributed by atoms with E-state index in [1.54, 1.807) is 0 Å². The number of nitrogens with one attached hydrogen (secondary N) is 1. The third-order valence-corrected chi connectivity index (χ3v) is 2.79. The van der Waals surface area contributed by atoms with Crippen molar-refractivity contribution >= 4 is 5.96 Å². The highest BCUT2D eigenvalue weighted by atomic mass is 15.1. The van der Waals surface area contributed by atoms with Gasteiger partial charge < -0.3 is 11.1 Å². The molecular formula is C11H23N3. The molecule has 1 aliphatic carbocycles. The molecule has 0 bridgehead atoms. The molecule has 2 unspecified atom stereocenters. The standard InChI is InChI=1S/C11H23N3/c1-3-7-13-11(12)14-10-6-4-5-9(2)8-10/h9-10H,3-8H2,1-2H3,(H3,12,13,14). The Hall–Kier alpha value is -0.730. The molecule has 0 aromatic carbocycles. The van der Waals surface area contributed by atoms with E-state index in [0.717, 1.165) is 18.9 Å². The lowest BCUT2D eigenvalue weighted by Crippen LogP contribution is -2.42. The minimum absolute atomic E-state index is 0.555. The van der Waals surface area contributed by atoms with E-state index in [1.165, 1.54) is 25.7 Å². The van der Waals surface area contributed by atoms with Crippen LogP contribution in [0.25, 0.3) is 0 Å². The summed E-state index contributed by atoms with van der Waals surface area (Å²) in [5.74, 6) is 1.46. The molecule has 1 aliphatic rings. The number of nitrogens with zero attached hydrogens (tertiary/aromatic N) is 1. The Morgan fingerprint density at radius 2 is 2.29 bits per heavy atom. The van der Waals surface area contributed by atoms with Gasteiger partial charge in [0, 0.05) is 12.6 Å². The van der Waals surface area contributed by atoms with Crippen molar-refractivity contribution in [3.05, 3.63) is 0 Å². The molecule has 1 saturated carbocycles. The first-order valence-electron chi connectivity index (χ1n) is 5.78. The first kappa shape index (κ1) is 11.3. The van der Waals surface area contributed by atoms with E-state index in [4.69, 9.17) is 5.73 Å². The average Bonchev–Trinajstić information content (AvgIpc) is 2.15. The van der Waals surface area contributed by atoms with E-state index in [-0.39, 0.29) is 0 Å². The maximum atomic E-state index is 5.77. The monoisotopic (exact) mass is 197 g/mol. The van der Waals surface area contributed by atoms with Gasteiger partial charge in [0.2, 0.25) is 0 Å². The molecule has 0 heterocycles. The van der Waals surface area contributed by atoms with Gasteiger partial charge in [0.05, 0.1) is 0 Å². The Labute approximate surface area is 87.2 Å². The largest absolute Gasteiger partial charge is 0.370 e. The van der Waals surface area contributed by atoms with Crippen molar-refractivity contribution in [2.24, 2.45) is 16.6 Å². The number of hydrogen-bond acceptors (Lipinski definition) is 1. The molecule has 2 atom stereocenters. The smallest absolute Gasteiger partial charge is 0.188 e. The second-order valence-corrected chi connectivity index (χ2v) is 4.38. The summed E-state index contributed by atoms with van der Waals surface area (Å²) in [6, 6.07) is 0.555. The van der Waals surface area contributed by atoms with Crippen LogP contribution in [0.1, 0.15) is 46.0 Å². The third kappa shape index (κ3) is 3.99. The van der Waals surface area contributed by atoms with Crippen LogP contribution in [0.15, 0.2) is 4.99 Å². The first-order chi connectivity index (χ1) is 6.72. The summed E-state index contributed by atoms with van der Waals surface area (Å²) in [6.45, 7) is 5.26.